The van der Waals surface area contributed by atoms with Crippen molar-refractivity contribution in [3.05, 3.63) is 23.8 Å². The Labute approximate surface area is 71.4 Å². The molecule has 0 fully saturated rings. The van der Waals surface area contributed by atoms with Gasteiger partial charge in [0.1, 0.15) is 12.0 Å². The van der Waals surface area contributed by atoms with Gasteiger partial charge in [0.2, 0.25) is 0 Å². The van der Waals surface area contributed by atoms with Crippen molar-refractivity contribution in [3.8, 4) is 0 Å². The molecule has 0 aliphatic carbocycles. The first-order chi connectivity index (χ1) is 5.63. The maximum absolute atomic E-state index is 12.1. The summed E-state index contributed by atoms with van der Waals surface area (Å²) in [6.45, 7) is 0. The second-order valence-corrected chi connectivity index (χ2v) is 2.24. The molecule has 0 atom stereocenters. The molecule has 0 spiro atoms. The molecule has 12 heavy (non-hydrogen) atoms. The van der Waals surface area contributed by atoms with Gasteiger partial charge in [0, 0.05) is 6.20 Å². The van der Waals surface area contributed by atoms with Crippen LogP contribution < -0.4 is 0 Å². The number of carbonyl (C=O) groups excluding carboxylic acids is 1. The molecule has 1 rings (SSSR count). The predicted molar refractivity (Wildman–Crippen MR) is 37.2 cm³/mol. The third kappa shape index (κ3) is 1.73. The number of alkyl halides is 2. The minimum absolute atomic E-state index is 0.353. The van der Waals surface area contributed by atoms with Crippen LogP contribution in [0.5, 0.6) is 0 Å². The summed E-state index contributed by atoms with van der Waals surface area (Å²) in [7, 11) is 0. The zero-order chi connectivity index (χ0) is 9.14. The molecule has 0 unspecified atom stereocenters. The number of hydrogen-bond acceptors (Lipinski definition) is 3. The van der Waals surface area contributed by atoms with Gasteiger partial charge in [0.15, 0.2) is 0 Å². The fourth-order valence-corrected chi connectivity index (χ4v) is 0.810. The molecule has 0 N–H and O–H groups in total. The molecule has 0 saturated heterocycles. The van der Waals surface area contributed by atoms with Gasteiger partial charge in [-0.05, 0) is 11.6 Å². The van der Waals surface area contributed by atoms with Crippen LogP contribution >= 0.6 is 11.6 Å². The van der Waals surface area contributed by atoms with Gasteiger partial charge in [-0.1, -0.05) is 0 Å². The van der Waals surface area contributed by atoms with E-state index in [1.165, 1.54) is 0 Å². The molecule has 0 bridgehead atoms. The van der Waals surface area contributed by atoms with Crippen LogP contribution in [-0.4, -0.2) is 15.2 Å². The lowest BCUT2D eigenvalue weighted by atomic mass is 10.2. The Bertz CT molecular complexity index is 305. The van der Waals surface area contributed by atoms with E-state index < -0.39 is 17.4 Å². The molecule has 0 radical (unpaired) electrons. The van der Waals surface area contributed by atoms with Gasteiger partial charge >= 0.3 is 0 Å². The minimum Gasteiger partial charge on any atom is -0.275 e. The van der Waals surface area contributed by atoms with Gasteiger partial charge in [-0.15, -0.1) is 0 Å². The number of rotatable bonds is 2. The second-order valence-electron chi connectivity index (χ2n) is 1.90. The summed E-state index contributed by atoms with van der Waals surface area (Å²) in [5.74, 6) is 0. The van der Waals surface area contributed by atoms with Crippen LogP contribution in [-0.2, 0) is 0 Å². The van der Waals surface area contributed by atoms with E-state index in [1.54, 1.807) is 0 Å². The zero-order valence-electron chi connectivity index (χ0n) is 5.67. The summed E-state index contributed by atoms with van der Waals surface area (Å²) in [6.07, 6.45) is -0.917. The van der Waals surface area contributed by atoms with Gasteiger partial charge < -0.3 is 0 Å². The molecule has 1 aromatic rings. The van der Waals surface area contributed by atoms with Crippen molar-refractivity contribution < 1.29 is 13.6 Å². The van der Waals surface area contributed by atoms with Crippen molar-refractivity contribution in [2.75, 3.05) is 0 Å². The van der Waals surface area contributed by atoms with Crippen molar-refractivity contribution >= 4 is 16.8 Å². The van der Waals surface area contributed by atoms with E-state index in [9.17, 15) is 13.6 Å². The third-order valence-electron chi connectivity index (χ3n) is 1.16. The number of nitrogens with zero attached hydrogens (tertiary/aromatic N) is 2. The van der Waals surface area contributed by atoms with Gasteiger partial charge in [0.05, 0.1) is 5.56 Å². The largest absolute Gasteiger partial charge is 0.281 e. The van der Waals surface area contributed by atoms with E-state index in [0.29, 0.717) is 0 Å². The quantitative estimate of drug-likeness (QED) is 0.671. The summed E-state index contributed by atoms with van der Waals surface area (Å²) in [5.41, 5.74) is -0.987. The molecule has 6 heteroatoms. The van der Waals surface area contributed by atoms with Crippen LogP contribution in [0, 0.1) is 0 Å². The van der Waals surface area contributed by atoms with E-state index in [2.05, 4.69) is 9.97 Å². The number of halogens is 3. The summed E-state index contributed by atoms with van der Waals surface area (Å²) in [6, 6.07) is 0. The minimum atomic E-state index is -2.81. The maximum Gasteiger partial charge on any atom is 0.281 e. The monoisotopic (exact) mass is 192 g/mol. The molecular formula is C6H3ClF2N2O. The average molecular weight is 193 g/mol. The fraction of sp³-hybridized carbons (Fsp3) is 0.167. The normalized spacial score (nSPS) is 10.3. The van der Waals surface area contributed by atoms with E-state index in [1.807, 2.05) is 0 Å². The molecule has 0 aromatic carbocycles. The Balaban J connectivity index is 3.17. The summed E-state index contributed by atoms with van der Waals surface area (Å²) in [5, 5.41) is -0.981. The topological polar surface area (TPSA) is 42.9 Å². The smallest absolute Gasteiger partial charge is 0.275 e. The van der Waals surface area contributed by atoms with Gasteiger partial charge in [-0.25, -0.2) is 18.7 Å². The lowest BCUT2D eigenvalue weighted by molar-refractivity contribution is 0.106. The Morgan fingerprint density at radius 3 is 2.67 bits per heavy atom. The van der Waals surface area contributed by atoms with Crippen LogP contribution in [0.25, 0.3) is 0 Å². The Hall–Kier alpha value is -1.10. The molecule has 3 nitrogen and oxygen atoms in total. The second kappa shape index (κ2) is 3.53. The van der Waals surface area contributed by atoms with E-state index in [-0.39, 0.29) is 5.56 Å². The maximum atomic E-state index is 12.1. The Morgan fingerprint density at radius 2 is 2.25 bits per heavy atom. The van der Waals surface area contributed by atoms with Crippen LogP contribution in [0.3, 0.4) is 0 Å². The van der Waals surface area contributed by atoms with Crippen molar-refractivity contribution in [1.29, 1.82) is 0 Å². The average Bonchev–Trinajstić information content (AvgIpc) is 2.04. The van der Waals surface area contributed by atoms with Crippen LogP contribution in [0.15, 0.2) is 12.5 Å². The van der Waals surface area contributed by atoms with Crippen molar-refractivity contribution in [2.45, 2.75) is 6.43 Å². The van der Waals surface area contributed by atoms with Crippen LogP contribution in [0.1, 0.15) is 22.5 Å². The van der Waals surface area contributed by atoms with Gasteiger partial charge in [0.25, 0.3) is 11.7 Å². The molecule has 0 amide bonds. The van der Waals surface area contributed by atoms with E-state index in [4.69, 9.17) is 11.6 Å². The zero-order valence-corrected chi connectivity index (χ0v) is 6.42. The number of hydrogen-bond donors (Lipinski definition) is 0. The highest BCUT2D eigenvalue weighted by atomic mass is 35.5. The van der Waals surface area contributed by atoms with Crippen LogP contribution in [0.4, 0.5) is 8.78 Å². The molecule has 0 aliphatic heterocycles. The predicted octanol–water partition coefficient (Wildman–Crippen LogP) is 1.79. The molecule has 1 aromatic heterocycles. The van der Waals surface area contributed by atoms with Gasteiger partial charge in [-0.3, -0.25) is 4.79 Å². The van der Waals surface area contributed by atoms with E-state index >= 15 is 0 Å². The van der Waals surface area contributed by atoms with Crippen molar-refractivity contribution in [2.24, 2.45) is 0 Å². The Morgan fingerprint density at radius 1 is 1.58 bits per heavy atom. The highest BCUT2D eigenvalue weighted by molar-refractivity contribution is 6.67. The summed E-state index contributed by atoms with van der Waals surface area (Å²) in [4.78, 5) is 17.2. The lowest BCUT2D eigenvalue weighted by Crippen LogP contribution is -2.01. The number of aromatic nitrogens is 2. The SMILES string of the molecule is O=C(Cl)c1cncnc1C(F)F. The van der Waals surface area contributed by atoms with Crippen molar-refractivity contribution in [1.82, 2.24) is 9.97 Å². The fourth-order valence-electron chi connectivity index (χ4n) is 0.664. The first kappa shape index (κ1) is 8.99. The number of carbonyl (C=O) groups is 1. The van der Waals surface area contributed by atoms with Gasteiger partial charge in [-0.2, -0.15) is 0 Å². The molecule has 64 valence electrons. The lowest BCUT2D eigenvalue weighted by Gasteiger charge is -2.00. The molecule has 1 heterocycles. The summed E-state index contributed by atoms with van der Waals surface area (Å²) >= 11 is 5.00. The summed E-state index contributed by atoms with van der Waals surface area (Å²) < 4.78 is 24.2. The molecule has 0 saturated carbocycles. The first-order valence-electron chi connectivity index (χ1n) is 2.91. The molecular weight excluding hydrogens is 190 g/mol. The van der Waals surface area contributed by atoms with Crippen LogP contribution in [0.2, 0.25) is 0 Å². The van der Waals surface area contributed by atoms with Crippen molar-refractivity contribution in [3.63, 3.8) is 0 Å². The molecule has 0 aliphatic rings. The van der Waals surface area contributed by atoms with E-state index in [0.717, 1.165) is 12.5 Å². The Kier molecular flexibility index (Phi) is 2.65. The third-order valence-corrected chi connectivity index (χ3v) is 1.37. The highest BCUT2D eigenvalue weighted by Gasteiger charge is 2.18. The highest BCUT2D eigenvalue weighted by Crippen LogP contribution is 2.20. The first-order valence-corrected chi connectivity index (χ1v) is 3.28. The standard InChI is InChI=1S/C6H3ClF2N2O/c7-5(12)3-1-10-2-11-4(3)6(8)9/h1-2,6H.